The van der Waals surface area contributed by atoms with Crippen LogP contribution in [0.25, 0.3) is 0 Å². The second-order valence-corrected chi connectivity index (χ2v) is 9.38. The Bertz CT molecular complexity index is 1320. The van der Waals surface area contributed by atoms with E-state index in [1.165, 1.54) is 21.9 Å². The number of ether oxygens (including phenoxy) is 2. The molecular formula is C26H28FN5O6. The Kier molecular flexibility index (Phi) is 7.11. The van der Waals surface area contributed by atoms with E-state index in [1.807, 2.05) is 6.92 Å². The number of carbonyl (C=O) groups excluding carboxylic acids is 3. The zero-order chi connectivity index (χ0) is 27.0. The minimum atomic E-state index is -1.81. The molecule has 11 nitrogen and oxygen atoms in total. The first-order valence-electron chi connectivity index (χ1n) is 12.3. The fraction of sp³-hybridized carbons (Fsp3) is 0.385. The predicted molar refractivity (Wildman–Crippen MR) is 135 cm³/mol. The number of carbonyl (C=O) groups is 3. The van der Waals surface area contributed by atoms with Crippen molar-refractivity contribution in [3.63, 3.8) is 0 Å². The Morgan fingerprint density at radius 3 is 2.82 bits per heavy atom. The van der Waals surface area contributed by atoms with Crippen molar-refractivity contribution in [3.05, 3.63) is 58.9 Å². The number of rotatable bonds is 5. The number of morpholine rings is 2. The Morgan fingerprint density at radius 1 is 1.21 bits per heavy atom. The Hall–Kier alpha value is -3.87. The number of halogens is 1. The summed E-state index contributed by atoms with van der Waals surface area (Å²) >= 11 is 0. The molecule has 2 fully saturated rings. The van der Waals surface area contributed by atoms with E-state index in [9.17, 15) is 23.9 Å². The van der Waals surface area contributed by atoms with Gasteiger partial charge in [0.15, 0.2) is 12.2 Å². The van der Waals surface area contributed by atoms with Gasteiger partial charge in [0, 0.05) is 30.0 Å². The fourth-order valence-electron chi connectivity index (χ4n) is 4.78. The standard InChI is InChI=1S/C26H28FN5O6/c1-14-13-37-8-6-31(14)25(35)19-11-17(3-5-20(19)27)32-7-9-38-22(26(32)36)21(33)24(34)30-16-2-4-18-15(10-16)12-29-23(18)28/h2-5,10-11,14,21-22,33H,6-9,12-13H2,1H3,(H2,28,29)(H,30,34)/t14-,21-,22-/m1/s1. The van der Waals surface area contributed by atoms with Crippen LogP contribution in [-0.2, 0) is 25.6 Å². The summed E-state index contributed by atoms with van der Waals surface area (Å²) in [4.78, 5) is 46.1. The minimum absolute atomic E-state index is 0.0252. The summed E-state index contributed by atoms with van der Waals surface area (Å²) in [6.45, 7) is 3.36. The number of fused-ring (bicyclic) bond motifs is 1. The van der Waals surface area contributed by atoms with Crippen molar-refractivity contribution in [2.24, 2.45) is 10.7 Å². The monoisotopic (exact) mass is 525 g/mol. The number of hydrogen-bond donors (Lipinski definition) is 3. The minimum Gasteiger partial charge on any atom is -0.383 e. The third kappa shape index (κ3) is 4.85. The number of aliphatic hydroxyl groups is 1. The topological polar surface area (TPSA) is 147 Å². The van der Waals surface area contributed by atoms with E-state index < -0.39 is 35.7 Å². The largest absolute Gasteiger partial charge is 0.383 e. The highest BCUT2D eigenvalue weighted by atomic mass is 19.1. The molecule has 2 saturated heterocycles. The molecule has 0 spiro atoms. The first-order chi connectivity index (χ1) is 18.2. The van der Waals surface area contributed by atoms with Crippen LogP contribution in [0.15, 0.2) is 41.4 Å². The van der Waals surface area contributed by atoms with Gasteiger partial charge in [0.2, 0.25) is 0 Å². The number of aliphatic hydroxyl groups excluding tert-OH is 1. The molecule has 0 radical (unpaired) electrons. The molecule has 3 aliphatic heterocycles. The van der Waals surface area contributed by atoms with E-state index >= 15 is 0 Å². The van der Waals surface area contributed by atoms with Gasteiger partial charge in [0.25, 0.3) is 17.7 Å². The predicted octanol–water partition coefficient (Wildman–Crippen LogP) is 0.637. The normalized spacial score (nSPS) is 22.1. The summed E-state index contributed by atoms with van der Waals surface area (Å²) in [7, 11) is 0. The molecule has 0 unspecified atom stereocenters. The first-order valence-corrected chi connectivity index (χ1v) is 12.3. The second kappa shape index (κ2) is 10.5. The van der Waals surface area contributed by atoms with Crippen molar-refractivity contribution in [2.45, 2.75) is 31.7 Å². The summed E-state index contributed by atoms with van der Waals surface area (Å²) in [5.41, 5.74) is 7.93. The lowest BCUT2D eigenvalue weighted by atomic mass is 10.1. The van der Waals surface area contributed by atoms with Crippen LogP contribution in [0.1, 0.15) is 28.4 Å². The molecule has 38 heavy (non-hydrogen) atoms. The maximum absolute atomic E-state index is 14.7. The van der Waals surface area contributed by atoms with Gasteiger partial charge in [0.05, 0.1) is 38.0 Å². The molecule has 2 aromatic carbocycles. The van der Waals surface area contributed by atoms with Crippen molar-refractivity contribution in [3.8, 4) is 0 Å². The van der Waals surface area contributed by atoms with Crippen LogP contribution >= 0.6 is 0 Å². The zero-order valence-electron chi connectivity index (χ0n) is 20.7. The van der Waals surface area contributed by atoms with E-state index in [2.05, 4.69) is 10.3 Å². The third-order valence-electron chi connectivity index (χ3n) is 6.87. The molecule has 0 bridgehead atoms. The molecule has 3 atom stereocenters. The lowest BCUT2D eigenvalue weighted by Gasteiger charge is -2.35. The van der Waals surface area contributed by atoms with Crippen molar-refractivity contribution in [1.29, 1.82) is 0 Å². The van der Waals surface area contributed by atoms with Gasteiger partial charge in [-0.05, 0) is 48.9 Å². The molecule has 2 aromatic rings. The number of nitrogens with one attached hydrogen (secondary N) is 1. The Morgan fingerprint density at radius 2 is 2.03 bits per heavy atom. The SMILES string of the molecule is C[C@@H]1COCCN1C(=O)c1cc(N2CCO[C@H]([C@@H](O)C(=O)Nc3ccc4c(c3)CN=C4N)C2=O)ccc1F. The highest BCUT2D eigenvalue weighted by Gasteiger charge is 2.40. The van der Waals surface area contributed by atoms with Gasteiger partial charge in [-0.1, -0.05) is 0 Å². The molecular weight excluding hydrogens is 497 g/mol. The molecule has 0 saturated carbocycles. The van der Waals surface area contributed by atoms with Gasteiger partial charge in [-0.3, -0.25) is 19.4 Å². The molecule has 3 amide bonds. The van der Waals surface area contributed by atoms with E-state index in [-0.39, 0.29) is 30.4 Å². The molecule has 0 aliphatic carbocycles. The maximum atomic E-state index is 14.7. The fourth-order valence-corrected chi connectivity index (χ4v) is 4.78. The second-order valence-electron chi connectivity index (χ2n) is 9.38. The number of benzene rings is 2. The Labute approximate surface area is 218 Å². The lowest BCUT2D eigenvalue weighted by molar-refractivity contribution is -0.150. The van der Waals surface area contributed by atoms with Crippen LogP contribution in [-0.4, -0.2) is 84.7 Å². The molecule has 4 N–H and O–H groups in total. The first kappa shape index (κ1) is 25.8. The zero-order valence-corrected chi connectivity index (χ0v) is 20.7. The number of nitrogens with two attached hydrogens (primary N) is 1. The summed E-state index contributed by atoms with van der Waals surface area (Å²) < 4.78 is 25.5. The third-order valence-corrected chi connectivity index (χ3v) is 6.87. The summed E-state index contributed by atoms with van der Waals surface area (Å²) in [5.74, 6) is -2.30. The molecule has 5 rings (SSSR count). The average molecular weight is 526 g/mol. The quantitative estimate of drug-likeness (QED) is 0.519. The number of nitrogens with zero attached hydrogens (tertiary/aromatic N) is 3. The van der Waals surface area contributed by atoms with Crippen LogP contribution in [0.2, 0.25) is 0 Å². The van der Waals surface area contributed by atoms with Crippen molar-refractivity contribution in [2.75, 3.05) is 43.1 Å². The summed E-state index contributed by atoms with van der Waals surface area (Å²) in [6.07, 6.45) is -3.30. The van der Waals surface area contributed by atoms with Crippen LogP contribution in [0.4, 0.5) is 15.8 Å². The number of aliphatic imine (C=N–C) groups is 1. The lowest BCUT2D eigenvalue weighted by Crippen LogP contribution is -2.55. The Balaban J connectivity index is 1.30. The highest BCUT2D eigenvalue weighted by molar-refractivity contribution is 6.05. The molecule has 3 aliphatic rings. The van der Waals surface area contributed by atoms with Crippen LogP contribution in [0.5, 0.6) is 0 Å². The van der Waals surface area contributed by atoms with E-state index in [0.717, 1.165) is 17.2 Å². The van der Waals surface area contributed by atoms with Gasteiger partial charge >= 0.3 is 0 Å². The van der Waals surface area contributed by atoms with Crippen LogP contribution in [0, 0.1) is 5.82 Å². The van der Waals surface area contributed by atoms with Crippen molar-refractivity contribution >= 4 is 34.9 Å². The number of anilines is 2. The van der Waals surface area contributed by atoms with Crippen molar-refractivity contribution in [1.82, 2.24) is 4.90 Å². The summed E-state index contributed by atoms with van der Waals surface area (Å²) in [6, 6.07) is 8.63. The van der Waals surface area contributed by atoms with E-state index in [0.29, 0.717) is 37.8 Å². The molecule has 3 heterocycles. The molecule has 200 valence electrons. The molecule has 12 heteroatoms. The number of hydrogen-bond acceptors (Lipinski definition) is 8. The smallest absolute Gasteiger partial charge is 0.259 e. The van der Waals surface area contributed by atoms with Gasteiger partial charge < -0.3 is 35.4 Å². The van der Waals surface area contributed by atoms with Gasteiger partial charge in [-0.15, -0.1) is 0 Å². The van der Waals surface area contributed by atoms with Gasteiger partial charge in [-0.25, -0.2) is 4.39 Å². The van der Waals surface area contributed by atoms with Crippen molar-refractivity contribution < 1.29 is 33.4 Å². The highest BCUT2D eigenvalue weighted by Crippen LogP contribution is 2.26. The number of amidine groups is 1. The van der Waals surface area contributed by atoms with E-state index in [4.69, 9.17) is 15.2 Å². The average Bonchev–Trinajstić information content (AvgIpc) is 3.28. The van der Waals surface area contributed by atoms with Crippen LogP contribution < -0.4 is 16.0 Å². The molecule has 0 aromatic heterocycles. The maximum Gasteiger partial charge on any atom is 0.259 e. The van der Waals surface area contributed by atoms with Crippen LogP contribution in [0.3, 0.4) is 0 Å². The van der Waals surface area contributed by atoms with Gasteiger partial charge in [0.1, 0.15) is 11.7 Å². The number of amides is 3. The van der Waals surface area contributed by atoms with Gasteiger partial charge in [-0.2, -0.15) is 0 Å². The summed E-state index contributed by atoms with van der Waals surface area (Å²) in [5, 5.41) is 13.3. The van der Waals surface area contributed by atoms with E-state index in [1.54, 1.807) is 18.2 Å².